The van der Waals surface area contributed by atoms with Gasteiger partial charge in [0.25, 0.3) is 0 Å². The van der Waals surface area contributed by atoms with E-state index in [0.29, 0.717) is 17.5 Å². The molecule has 0 atom stereocenters. The van der Waals surface area contributed by atoms with Crippen molar-refractivity contribution in [2.75, 3.05) is 0 Å². The summed E-state index contributed by atoms with van der Waals surface area (Å²) in [6.45, 7) is 0. The lowest BCUT2D eigenvalue weighted by Gasteiger charge is -2.10. The van der Waals surface area contributed by atoms with Crippen molar-refractivity contribution in [1.29, 1.82) is 0 Å². The molecule has 48 heavy (non-hydrogen) atoms. The van der Waals surface area contributed by atoms with Crippen LogP contribution in [0, 0.1) is 0 Å². The van der Waals surface area contributed by atoms with E-state index in [1.165, 1.54) is 0 Å². The molecule has 0 amide bonds. The van der Waals surface area contributed by atoms with Crippen molar-refractivity contribution in [2.24, 2.45) is 0 Å². The molecular formula is C42H24N4O2. The third-order valence-corrected chi connectivity index (χ3v) is 8.93. The summed E-state index contributed by atoms with van der Waals surface area (Å²) in [6.07, 6.45) is 0. The largest absolute Gasteiger partial charge is 0.456 e. The van der Waals surface area contributed by atoms with Gasteiger partial charge in [0.05, 0.1) is 22.0 Å². The summed E-state index contributed by atoms with van der Waals surface area (Å²) in [7, 11) is 0. The Morgan fingerprint density at radius 3 is 1.46 bits per heavy atom. The number of benzene rings is 6. The van der Waals surface area contributed by atoms with Gasteiger partial charge in [-0.25, -0.2) is 19.9 Å². The maximum absolute atomic E-state index is 6.65. The van der Waals surface area contributed by atoms with Gasteiger partial charge in [-0.05, 0) is 24.3 Å². The van der Waals surface area contributed by atoms with Crippen molar-refractivity contribution >= 4 is 54.8 Å². The fourth-order valence-electron chi connectivity index (χ4n) is 6.69. The number of pyridine rings is 1. The molecule has 10 aromatic rings. The SMILES string of the molecule is c1ccc(-c2nc(-c3ccccc3)nc(-c3ccc(-c4nc5ccc6oc7ccccc7c6c5c5oc6ccccc6c45)cc3)n2)cc1. The highest BCUT2D eigenvalue weighted by molar-refractivity contribution is 6.29. The van der Waals surface area contributed by atoms with E-state index in [2.05, 4.69) is 36.4 Å². The van der Waals surface area contributed by atoms with Crippen molar-refractivity contribution in [3.63, 3.8) is 0 Å². The van der Waals surface area contributed by atoms with E-state index in [-0.39, 0.29) is 0 Å². The molecule has 0 spiro atoms. The molecule has 6 nitrogen and oxygen atoms in total. The maximum atomic E-state index is 6.65. The minimum absolute atomic E-state index is 0.605. The van der Waals surface area contributed by atoms with Crippen LogP contribution in [0.5, 0.6) is 0 Å². The molecule has 4 heterocycles. The Labute approximate surface area is 274 Å². The van der Waals surface area contributed by atoms with Crippen LogP contribution < -0.4 is 0 Å². The number of para-hydroxylation sites is 2. The Morgan fingerprint density at radius 2 is 0.833 bits per heavy atom. The molecule has 6 aromatic carbocycles. The first kappa shape index (κ1) is 26.5. The molecule has 10 rings (SSSR count). The molecule has 0 aliphatic carbocycles. The van der Waals surface area contributed by atoms with Crippen molar-refractivity contribution < 1.29 is 8.83 Å². The fourth-order valence-corrected chi connectivity index (χ4v) is 6.69. The summed E-state index contributed by atoms with van der Waals surface area (Å²) >= 11 is 0. The third-order valence-electron chi connectivity index (χ3n) is 8.93. The lowest BCUT2D eigenvalue weighted by Crippen LogP contribution is -2.00. The lowest BCUT2D eigenvalue weighted by molar-refractivity contribution is 0.667. The van der Waals surface area contributed by atoms with Crippen LogP contribution in [0.1, 0.15) is 0 Å². The second-order valence-electron chi connectivity index (χ2n) is 11.8. The minimum Gasteiger partial charge on any atom is -0.456 e. The highest BCUT2D eigenvalue weighted by Gasteiger charge is 2.22. The zero-order valence-corrected chi connectivity index (χ0v) is 25.5. The van der Waals surface area contributed by atoms with Gasteiger partial charge in [-0.3, -0.25) is 0 Å². The first-order valence-electron chi connectivity index (χ1n) is 15.8. The highest BCUT2D eigenvalue weighted by Crippen LogP contribution is 2.44. The maximum Gasteiger partial charge on any atom is 0.164 e. The van der Waals surface area contributed by atoms with E-state index in [0.717, 1.165) is 82.7 Å². The molecule has 4 aromatic heterocycles. The molecule has 0 aliphatic rings. The van der Waals surface area contributed by atoms with Crippen LogP contribution in [0.25, 0.3) is 100 Å². The van der Waals surface area contributed by atoms with Crippen LogP contribution >= 0.6 is 0 Å². The van der Waals surface area contributed by atoms with Crippen LogP contribution in [0.4, 0.5) is 0 Å². The summed E-state index contributed by atoms with van der Waals surface area (Å²) in [5.41, 5.74) is 8.69. The molecule has 0 aliphatic heterocycles. The van der Waals surface area contributed by atoms with Gasteiger partial charge < -0.3 is 8.83 Å². The van der Waals surface area contributed by atoms with Gasteiger partial charge >= 0.3 is 0 Å². The van der Waals surface area contributed by atoms with Crippen molar-refractivity contribution in [2.45, 2.75) is 0 Å². The Kier molecular flexibility index (Phi) is 5.77. The Morgan fingerprint density at radius 1 is 0.333 bits per heavy atom. The van der Waals surface area contributed by atoms with Crippen molar-refractivity contribution in [3.8, 4) is 45.4 Å². The van der Waals surface area contributed by atoms with Gasteiger partial charge in [0.15, 0.2) is 17.5 Å². The predicted octanol–water partition coefficient (Wildman–Crippen LogP) is 10.9. The topological polar surface area (TPSA) is 77.8 Å². The van der Waals surface area contributed by atoms with Gasteiger partial charge in [-0.2, -0.15) is 0 Å². The molecule has 0 saturated carbocycles. The number of rotatable bonds is 4. The van der Waals surface area contributed by atoms with E-state index >= 15 is 0 Å². The molecule has 0 bridgehead atoms. The van der Waals surface area contributed by atoms with Crippen LogP contribution in [0.2, 0.25) is 0 Å². The number of fused-ring (bicyclic) bond motifs is 9. The zero-order valence-electron chi connectivity index (χ0n) is 25.5. The van der Waals surface area contributed by atoms with Crippen molar-refractivity contribution in [3.05, 3.63) is 146 Å². The van der Waals surface area contributed by atoms with Gasteiger partial charge in [0, 0.05) is 38.4 Å². The second-order valence-corrected chi connectivity index (χ2v) is 11.8. The van der Waals surface area contributed by atoms with Gasteiger partial charge in [-0.1, -0.05) is 121 Å². The molecule has 0 radical (unpaired) electrons. The first-order chi connectivity index (χ1) is 23.8. The summed E-state index contributed by atoms with van der Waals surface area (Å²) in [6, 6.07) is 48.6. The van der Waals surface area contributed by atoms with E-state index in [4.69, 9.17) is 28.8 Å². The monoisotopic (exact) mass is 616 g/mol. The smallest absolute Gasteiger partial charge is 0.164 e. The van der Waals surface area contributed by atoms with E-state index in [9.17, 15) is 0 Å². The van der Waals surface area contributed by atoms with E-state index in [1.54, 1.807) is 0 Å². The Bertz CT molecular complexity index is 2760. The lowest BCUT2D eigenvalue weighted by atomic mass is 9.99. The van der Waals surface area contributed by atoms with E-state index < -0.39 is 0 Å². The normalized spacial score (nSPS) is 11.8. The summed E-state index contributed by atoms with van der Waals surface area (Å²) in [4.78, 5) is 20.0. The molecule has 0 fully saturated rings. The van der Waals surface area contributed by atoms with Gasteiger partial charge in [0.2, 0.25) is 0 Å². The Balaban J connectivity index is 1.17. The van der Waals surface area contributed by atoms with Crippen molar-refractivity contribution in [1.82, 2.24) is 19.9 Å². The highest BCUT2D eigenvalue weighted by atomic mass is 16.3. The summed E-state index contributed by atoms with van der Waals surface area (Å²) in [5.74, 6) is 1.86. The quantitative estimate of drug-likeness (QED) is 0.196. The molecule has 6 heteroatoms. The van der Waals surface area contributed by atoms with Gasteiger partial charge in [0.1, 0.15) is 22.3 Å². The second kappa shape index (κ2) is 10.4. The number of aromatic nitrogens is 4. The summed E-state index contributed by atoms with van der Waals surface area (Å²) < 4.78 is 12.9. The summed E-state index contributed by atoms with van der Waals surface area (Å²) in [5, 5.41) is 5.00. The number of nitrogens with zero attached hydrogens (tertiary/aromatic N) is 4. The van der Waals surface area contributed by atoms with E-state index in [1.807, 2.05) is 109 Å². The molecule has 224 valence electrons. The number of furan rings is 2. The number of hydrogen-bond donors (Lipinski definition) is 0. The van der Waals surface area contributed by atoms with Gasteiger partial charge in [-0.15, -0.1) is 0 Å². The molecular weight excluding hydrogens is 592 g/mol. The standard InChI is InChI=1S/C42H24N4O2/c1-3-11-26(12-4-1)40-44-41(27-13-5-2-6-14-27)46-42(45-40)28-21-19-25(20-22-28)38-36-30-16-8-10-18-33(30)48-39(36)37-31(43-38)23-24-34-35(37)29-15-7-9-17-32(29)47-34/h1-24H. The van der Waals surface area contributed by atoms with Crippen LogP contribution in [-0.2, 0) is 0 Å². The average molecular weight is 617 g/mol. The molecule has 0 N–H and O–H groups in total. The zero-order chi connectivity index (χ0) is 31.6. The fraction of sp³-hybridized carbons (Fsp3) is 0. The average Bonchev–Trinajstić information content (AvgIpc) is 3.74. The minimum atomic E-state index is 0.605. The predicted molar refractivity (Wildman–Crippen MR) is 191 cm³/mol. The third kappa shape index (κ3) is 4.13. The molecule has 0 saturated heterocycles. The van der Waals surface area contributed by atoms with Crippen LogP contribution in [-0.4, -0.2) is 19.9 Å². The van der Waals surface area contributed by atoms with Crippen LogP contribution in [0.15, 0.2) is 154 Å². The Hall–Kier alpha value is -6.66. The van der Waals surface area contributed by atoms with Crippen LogP contribution in [0.3, 0.4) is 0 Å². The number of hydrogen-bond acceptors (Lipinski definition) is 6. The first-order valence-corrected chi connectivity index (χ1v) is 15.8. The molecule has 0 unspecified atom stereocenters.